The number of carbonyl (C=O) groups is 3. The number of hydrogen-bond acceptors (Lipinski definition) is 4. The zero-order chi connectivity index (χ0) is 19.4. The number of halogens is 1. The van der Waals surface area contributed by atoms with Gasteiger partial charge in [-0.05, 0) is 56.4 Å². The molecule has 27 heavy (non-hydrogen) atoms. The van der Waals surface area contributed by atoms with Gasteiger partial charge in [-0.1, -0.05) is 15.9 Å². The summed E-state index contributed by atoms with van der Waals surface area (Å²) in [5.41, 5.74) is 0.657. The lowest BCUT2D eigenvalue weighted by atomic mass is 9.92. The molecule has 0 bridgehead atoms. The Morgan fingerprint density at radius 1 is 1.00 bits per heavy atom. The third-order valence-electron chi connectivity index (χ3n) is 5.48. The summed E-state index contributed by atoms with van der Waals surface area (Å²) in [6, 6.07) is 6.86. The molecule has 0 saturated carbocycles. The molecule has 2 aliphatic rings. The van der Waals surface area contributed by atoms with Gasteiger partial charge in [-0.15, -0.1) is 0 Å². The summed E-state index contributed by atoms with van der Waals surface area (Å²) in [5.74, 6) is -0.435. The van der Waals surface area contributed by atoms with Gasteiger partial charge in [0.1, 0.15) is 6.04 Å². The van der Waals surface area contributed by atoms with Crippen LogP contribution in [0.15, 0.2) is 28.7 Å². The third-order valence-corrected chi connectivity index (χ3v) is 6.01. The van der Waals surface area contributed by atoms with Gasteiger partial charge in [-0.3, -0.25) is 9.59 Å². The average Bonchev–Trinajstić information content (AvgIpc) is 2.73. The molecule has 2 heterocycles. The van der Waals surface area contributed by atoms with E-state index in [9.17, 15) is 14.4 Å². The first-order valence-electron chi connectivity index (χ1n) is 9.44. The van der Waals surface area contributed by atoms with Crippen LogP contribution >= 0.6 is 15.9 Å². The number of amides is 2. The predicted molar refractivity (Wildman–Crippen MR) is 104 cm³/mol. The molecular weight excluding hydrogens is 412 g/mol. The Kier molecular flexibility index (Phi) is 6.52. The van der Waals surface area contributed by atoms with Crippen molar-refractivity contribution in [2.24, 2.45) is 5.92 Å². The number of esters is 1. The Labute approximate surface area is 168 Å². The highest BCUT2D eigenvalue weighted by molar-refractivity contribution is 9.10. The molecule has 2 amide bonds. The van der Waals surface area contributed by atoms with Gasteiger partial charge in [-0.2, -0.15) is 0 Å². The quantitative estimate of drug-likeness (QED) is 0.683. The van der Waals surface area contributed by atoms with Crippen LogP contribution in [0.3, 0.4) is 0 Å². The fourth-order valence-corrected chi connectivity index (χ4v) is 4.18. The highest BCUT2D eigenvalue weighted by Crippen LogP contribution is 2.26. The lowest BCUT2D eigenvalue weighted by molar-refractivity contribution is -0.156. The molecule has 0 N–H and O–H groups in total. The fraction of sp³-hybridized carbons (Fsp3) is 0.550. The van der Waals surface area contributed by atoms with Gasteiger partial charge in [0.25, 0.3) is 5.91 Å². The Morgan fingerprint density at radius 2 is 1.67 bits per heavy atom. The van der Waals surface area contributed by atoms with Crippen LogP contribution in [-0.2, 0) is 14.3 Å². The van der Waals surface area contributed by atoms with Crippen molar-refractivity contribution in [1.82, 2.24) is 9.80 Å². The van der Waals surface area contributed by atoms with E-state index in [0.29, 0.717) is 44.5 Å². The second-order valence-corrected chi connectivity index (χ2v) is 8.06. The number of piperidine rings is 2. The molecule has 6 nitrogen and oxygen atoms in total. The maximum Gasteiger partial charge on any atom is 0.328 e. The van der Waals surface area contributed by atoms with Crippen molar-refractivity contribution in [3.63, 3.8) is 0 Å². The molecule has 146 valence electrons. The van der Waals surface area contributed by atoms with Gasteiger partial charge in [0, 0.05) is 35.6 Å². The van der Waals surface area contributed by atoms with Gasteiger partial charge in [0.05, 0.1) is 7.11 Å². The zero-order valence-electron chi connectivity index (χ0n) is 15.5. The van der Waals surface area contributed by atoms with Gasteiger partial charge in [0.2, 0.25) is 5.91 Å². The molecule has 0 aromatic heterocycles. The van der Waals surface area contributed by atoms with E-state index >= 15 is 0 Å². The van der Waals surface area contributed by atoms with E-state index < -0.39 is 6.04 Å². The first kappa shape index (κ1) is 19.9. The Bertz CT molecular complexity index is 698. The molecular formula is C20H25BrN2O4. The molecule has 3 rings (SSSR count). The summed E-state index contributed by atoms with van der Waals surface area (Å²) < 4.78 is 5.81. The minimum Gasteiger partial charge on any atom is -0.467 e. The van der Waals surface area contributed by atoms with E-state index in [1.807, 2.05) is 12.1 Å². The molecule has 2 aliphatic heterocycles. The van der Waals surface area contributed by atoms with Gasteiger partial charge in [0.15, 0.2) is 0 Å². The lowest BCUT2D eigenvalue weighted by Crippen LogP contribution is -2.52. The van der Waals surface area contributed by atoms with E-state index in [1.165, 1.54) is 7.11 Å². The number of benzene rings is 1. The van der Waals surface area contributed by atoms with Gasteiger partial charge >= 0.3 is 5.97 Å². The Hall–Kier alpha value is -1.89. The van der Waals surface area contributed by atoms with Gasteiger partial charge in [-0.25, -0.2) is 4.79 Å². The largest absolute Gasteiger partial charge is 0.467 e. The molecule has 2 saturated heterocycles. The second kappa shape index (κ2) is 8.87. The van der Waals surface area contributed by atoms with E-state index in [1.54, 1.807) is 21.9 Å². The maximum atomic E-state index is 13.0. The number of likely N-dealkylation sites (tertiary alicyclic amines) is 2. The topological polar surface area (TPSA) is 66.9 Å². The van der Waals surface area contributed by atoms with E-state index in [0.717, 1.165) is 17.3 Å². The summed E-state index contributed by atoms with van der Waals surface area (Å²) in [7, 11) is 1.37. The molecule has 7 heteroatoms. The van der Waals surface area contributed by atoms with Crippen LogP contribution < -0.4 is 0 Å². The number of hydrogen-bond donors (Lipinski definition) is 0. The average molecular weight is 437 g/mol. The monoisotopic (exact) mass is 436 g/mol. The highest BCUT2D eigenvalue weighted by Gasteiger charge is 2.37. The van der Waals surface area contributed by atoms with E-state index in [4.69, 9.17) is 4.74 Å². The zero-order valence-corrected chi connectivity index (χ0v) is 17.1. The van der Waals surface area contributed by atoms with Crippen molar-refractivity contribution >= 4 is 33.7 Å². The smallest absolute Gasteiger partial charge is 0.328 e. The molecule has 1 aromatic rings. The van der Waals surface area contributed by atoms with E-state index in [-0.39, 0.29) is 23.7 Å². The molecule has 1 atom stereocenters. The van der Waals surface area contributed by atoms with Crippen molar-refractivity contribution < 1.29 is 19.1 Å². The van der Waals surface area contributed by atoms with E-state index in [2.05, 4.69) is 15.9 Å². The summed E-state index contributed by atoms with van der Waals surface area (Å²) in [6.45, 7) is 1.72. The Morgan fingerprint density at radius 3 is 2.30 bits per heavy atom. The summed E-state index contributed by atoms with van der Waals surface area (Å²) in [6.07, 6.45) is 3.78. The molecule has 1 aromatic carbocycles. The van der Waals surface area contributed by atoms with Crippen LogP contribution in [0.25, 0.3) is 0 Å². The van der Waals surface area contributed by atoms with Crippen molar-refractivity contribution in [2.45, 2.75) is 38.1 Å². The summed E-state index contributed by atoms with van der Waals surface area (Å²) >= 11 is 3.37. The van der Waals surface area contributed by atoms with Crippen molar-refractivity contribution in [2.75, 3.05) is 26.7 Å². The van der Waals surface area contributed by atoms with Crippen LogP contribution in [-0.4, -0.2) is 60.4 Å². The fourth-order valence-electron chi connectivity index (χ4n) is 3.92. The van der Waals surface area contributed by atoms with Crippen LogP contribution in [0.4, 0.5) is 0 Å². The third kappa shape index (κ3) is 4.51. The number of carbonyl (C=O) groups excluding carboxylic acids is 3. The highest BCUT2D eigenvalue weighted by atomic mass is 79.9. The molecule has 0 aliphatic carbocycles. The van der Waals surface area contributed by atoms with Crippen LogP contribution in [0.2, 0.25) is 0 Å². The first-order chi connectivity index (χ1) is 13.0. The SMILES string of the molecule is COC(=O)C1CCCCN1C(=O)C1CCN(C(=O)c2ccc(Br)cc2)CC1. The number of methoxy groups -OCH3 is 1. The lowest BCUT2D eigenvalue weighted by Gasteiger charge is -2.38. The number of ether oxygens (including phenoxy) is 1. The first-order valence-corrected chi connectivity index (χ1v) is 10.2. The van der Waals surface area contributed by atoms with Crippen LogP contribution in [0.5, 0.6) is 0 Å². The minimum absolute atomic E-state index is 0.00110. The Balaban J connectivity index is 1.59. The second-order valence-electron chi connectivity index (χ2n) is 7.14. The van der Waals surface area contributed by atoms with Crippen LogP contribution in [0.1, 0.15) is 42.5 Å². The molecule has 0 spiro atoms. The number of nitrogens with zero attached hydrogens (tertiary/aromatic N) is 2. The van der Waals surface area contributed by atoms with Crippen LogP contribution in [0, 0.1) is 5.92 Å². The number of rotatable bonds is 3. The van der Waals surface area contributed by atoms with Crippen molar-refractivity contribution in [3.05, 3.63) is 34.3 Å². The normalized spacial score (nSPS) is 21.0. The summed E-state index contributed by atoms with van der Waals surface area (Å²) in [5, 5.41) is 0. The minimum atomic E-state index is -0.460. The van der Waals surface area contributed by atoms with Gasteiger partial charge < -0.3 is 14.5 Å². The molecule has 2 fully saturated rings. The van der Waals surface area contributed by atoms with Crippen molar-refractivity contribution in [1.29, 1.82) is 0 Å². The predicted octanol–water partition coefficient (Wildman–Crippen LogP) is 2.86. The molecule has 1 unspecified atom stereocenters. The maximum absolute atomic E-state index is 13.0. The van der Waals surface area contributed by atoms with Crippen molar-refractivity contribution in [3.8, 4) is 0 Å². The standard InChI is InChI=1S/C20H25BrN2O4/c1-27-20(26)17-4-2-3-11-23(17)19(25)15-9-12-22(13-10-15)18(24)14-5-7-16(21)8-6-14/h5-8,15,17H,2-4,9-13H2,1H3. The molecule has 0 radical (unpaired) electrons. The summed E-state index contributed by atoms with van der Waals surface area (Å²) in [4.78, 5) is 41.1.